The van der Waals surface area contributed by atoms with Crippen molar-refractivity contribution in [2.24, 2.45) is 0 Å². The summed E-state index contributed by atoms with van der Waals surface area (Å²) in [5, 5.41) is 3.46. The van der Waals surface area contributed by atoms with Crippen LogP contribution in [0.3, 0.4) is 0 Å². The van der Waals surface area contributed by atoms with E-state index in [-0.39, 0.29) is 23.7 Å². The predicted octanol–water partition coefficient (Wildman–Crippen LogP) is 4.46. The van der Waals surface area contributed by atoms with Gasteiger partial charge in [-0.25, -0.2) is 4.39 Å². The number of methoxy groups -OCH3 is 1. The fourth-order valence-electron chi connectivity index (χ4n) is 2.59. The van der Waals surface area contributed by atoms with Crippen LogP contribution in [-0.2, 0) is 0 Å². The number of ether oxygens (including phenoxy) is 1. The molecule has 4 heteroatoms. The summed E-state index contributed by atoms with van der Waals surface area (Å²) in [5.74, 6) is 1.74. The second kappa shape index (κ2) is 6.31. The van der Waals surface area contributed by atoms with E-state index in [1.807, 2.05) is 32.9 Å². The van der Waals surface area contributed by atoms with Crippen LogP contribution in [0.1, 0.15) is 48.6 Å². The van der Waals surface area contributed by atoms with Crippen LogP contribution in [0.2, 0.25) is 0 Å². The molecule has 2 rings (SSSR count). The Morgan fingerprint density at radius 1 is 1.14 bits per heavy atom. The zero-order valence-electron chi connectivity index (χ0n) is 13.2. The van der Waals surface area contributed by atoms with Crippen molar-refractivity contribution >= 4 is 0 Å². The highest BCUT2D eigenvalue weighted by atomic mass is 19.1. The molecular formula is C17H22FNO2. The van der Waals surface area contributed by atoms with Crippen molar-refractivity contribution in [2.45, 2.75) is 39.8 Å². The fraction of sp³-hybridized carbons (Fsp3) is 0.412. The molecule has 3 nitrogen and oxygen atoms in total. The fourth-order valence-corrected chi connectivity index (χ4v) is 2.59. The maximum Gasteiger partial charge on any atom is 0.165 e. The van der Waals surface area contributed by atoms with Crippen LogP contribution >= 0.6 is 0 Å². The summed E-state index contributed by atoms with van der Waals surface area (Å²) < 4.78 is 24.3. The van der Waals surface area contributed by atoms with E-state index in [0.717, 1.165) is 22.6 Å². The van der Waals surface area contributed by atoms with Gasteiger partial charge in [0.1, 0.15) is 11.5 Å². The summed E-state index contributed by atoms with van der Waals surface area (Å²) in [6.45, 7) is 7.98. The maximum atomic E-state index is 13.8. The monoisotopic (exact) mass is 291 g/mol. The van der Waals surface area contributed by atoms with E-state index in [0.29, 0.717) is 0 Å². The molecule has 1 aromatic carbocycles. The summed E-state index contributed by atoms with van der Waals surface area (Å²) in [6.07, 6.45) is 0. The Kier molecular flexibility index (Phi) is 4.68. The number of furan rings is 1. The van der Waals surface area contributed by atoms with Gasteiger partial charge in [-0.05, 0) is 51.5 Å². The average Bonchev–Trinajstić information content (AvgIpc) is 2.77. The van der Waals surface area contributed by atoms with E-state index >= 15 is 0 Å². The summed E-state index contributed by atoms with van der Waals surface area (Å²) in [5.41, 5.74) is 2.02. The van der Waals surface area contributed by atoms with E-state index in [2.05, 4.69) is 12.2 Å². The lowest BCUT2D eigenvalue weighted by molar-refractivity contribution is 0.385. The number of hydrogen-bond acceptors (Lipinski definition) is 3. The minimum atomic E-state index is -0.341. The second-order valence-corrected chi connectivity index (χ2v) is 5.37. The molecule has 114 valence electrons. The largest absolute Gasteiger partial charge is 0.494 e. The SMILES string of the molecule is COc1ccc(C(C)NC(C)c2cc(C)oc2C)cc1F. The molecule has 0 aliphatic carbocycles. The minimum absolute atomic E-state index is 0.0232. The summed E-state index contributed by atoms with van der Waals surface area (Å²) >= 11 is 0. The topological polar surface area (TPSA) is 34.4 Å². The third kappa shape index (κ3) is 3.45. The van der Waals surface area contributed by atoms with Crippen LogP contribution in [0.15, 0.2) is 28.7 Å². The van der Waals surface area contributed by atoms with Crippen molar-refractivity contribution in [3.05, 3.63) is 52.7 Å². The second-order valence-electron chi connectivity index (χ2n) is 5.37. The highest BCUT2D eigenvalue weighted by molar-refractivity contribution is 5.31. The van der Waals surface area contributed by atoms with Crippen LogP contribution < -0.4 is 10.1 Å². The van der Waals surface area contributed by atoms with Gasteiger partial charge in [0.2, 0.25) is 0 Å². The Hall–Kier alpha value is -1.81. The number of aryl methyl sites for hydroxylation is 2. The number of rotatable bonds is 5. The van der Waals surface area contributed by atoms with Crippen molar-refractivity contribution in [2.75, 3.05) is 7.11 Å². The molecule has 0 radical (unpaired) electrons. The molecule has 0 saturated heterocycles. The van der Waals surface area contributed by atoms with Gasteiger partial charge in [0.15, 0.2) is 11.6 Å². The van der Waals surface area contributed by atoms with Gasteiger partial charge in [0, 0.05) is 17.6 Å². The van der Waals surface area contributed by atoms with Gasteiger partial charge in [0.05, 0.1) is 7.11 Å². The van der Waals surface area contributed by atoms with Gasteiger partial charge < -0.3 is 14.5 Å². The Morgan fingerprint density at radius 2 is 1.86 bits per heavy atom. The van der Waals surface area contributed by atoms with Crippen LogP contribution in [-0.4, -0.2) is 7.11 Å². The van der Waals surface area contributed by atoms with Crippen LogP contribution in [0.4, 0.5) is 4.39 Å². The molecule has 1 aromatic heterocycles. The van der Waals surface area contributed by atoms with Crippen molar-refractivity contribution in [3.63, 3.8) is 0 Å². The van der Waals surface area contributed by atoms with Gasteiger partial charge in [-0.15, -0.1) is 0 Å². The molecule has 0 spiro atoms. The Morgan fingerprint density at radius 3 is 2.38 bits per heavy atom. The standard InChI is InChI=1S/C17H22FNO2/c1-10-8-15(13(4)21-10)12(3)19-11(2)14-6-7-17(20-5)16(18)9-14/h6-9,11-12,19H,1-5H3. The lowest BCUT2D eigenvalue weighted by Gasteiger charge is -2.20. The summed E-state index contributed by atoms with van der Waals surface area (Å²) in [6, 6.07) is 7.23. The molecule has 21 heavy (non-hydrogen) atoms. The lowest BCUT2D eigenvalue weighted by atomic mass is 10.0. The Labute approximate surface area is 125 Å². The third-order valence-corrected chi connectivity index (χ3v) is 3.72. The van der Waals surface area contributed by atoms with Crippen LogP contribution in [0.5, 0.6) is 5.75 Å². The molecule has 0 aliphatic rings. The third-order valence-electron chi connectivity index (χ3n) is 3.72. The van der Waals surface area contributed by atoms with Crippen LogP contribution in [0.25, 0.3) is 0 Å². The van der Waals surface area contributed by atoms with Gasteiger partial charge in [-0.3, -0.25) is 0 Å². The molecular weight excluding hydrogens is 269 g/mol. The van der Waals surface area contributed by atoms with Crippen molar-refractivity contribution < 1.29 is 13.5 Å². The van der Waals surface area contributed by atoms with E-state index in [1.54, 1.807) is 6.07 Å². The van der Waals surface area contributed by atoms with E-state index < -0.39 is 0 Å². The average molecular weight is 291 g/mol. The highest BCUT2D eigenvalue weighted by Crippen LogP contribution is 2.26. The van der Waals surface area contributed by atoms with Crippen LogP contribution in [0, 0.1) is 19.7 Å². The molecule has 0 aliphatic heterocycles. The first kappa shape index (κ1) is 15.6. The minimum Gasteiger partial charge on any atom is -0.494 e. The Balaban J connectivity index is 2.12. The quantitative estimate of drug-likeness (QED) is 0.883. The molecule has 2 aromatic rings. The van der Waals surface area contributed by atoms with Gasteiger partial charge >= 0.3 is 0 Å². The van der Waals surface area contributed by atoms with Gasteiger partial charge in [0.25, 0.3) is 0 Å². The normalized spacial score (nSPS) is 14.0. The van der Waals surface area contributed by atoms with Crippen molar-refractivity contribution in [3.8, 4) is 5.75 Å². The zero-order chi connectivity index (χ0) is 15.6. The number of hydrogen-bond donors (Lipinski definition) is 1. The van der Waals surface area contributed by atoms with Crippen molar-refractivity contribution in [1.29, 1.82) is 0 Å². The van der Waals surface area contributed by atoms with Gasteiger partial charge in [-0.2, -0.15) is 0 Å². The molecule has 1 N–H and O–H groups in total. The first-order chi connectivity index (χ1) is 9.92. The molecule has 1 heterocycles. The predicted molar refractivity (Wildman–Crippen MR) is 81.1 cm³/mol. The maximum absolute atomic E-state index is 13.8. The smallest absolute Gasteiger partial charge is 0.165 e. The first-order valence-electron chi connectivity index (χ1n) is 7.08. The molecule has 2 atom stereocenters. The lowest BCUT2D eigenvalue weighted by Crippen LogP contribution is -2.22. The molecule has 2 unspecified atom stereocenters. The van der Waals surface area contributed by atoms with Gasteiger partial charge in [-0.1, -0.05) is 6.07 Å². The van der Waals surface area contributed by atoms with E-state index in [9.17, 15) is 4.39 Å². The molecule has 0 saturated carbocycles. The number of halogens is 1. The summed E-state index contributed by atoms with van der Waals surface area (Å²) in [7, 11) is 1.46. The molecule has 0 fully saturated rings. The van der Waals surface area contributed by atoms with E-state index in [4.69, 9.17) is 9.15 Å². The molecule has 0 amide bonds. The zero-order valence-corrected chi connectivity index (χ0v) is 13.2. The number of nitrogens with one attached hydrogen (secondary N) is 1. The molecule has 0 bridgehead atoms. The highest BCUT2D eigenvalue weighted by Gasteiger charge is 2.16. The first-order valence-corrected chi connectivity index (χ1v) is 7.08. The number of benzene rings is 1. The summed E-state index contributed by atoms with van der Waals surface area (Å²) in [4.78, 5) is 0. The van der Waals surface area contributed by atoms with E-state index in [1.165, 1.54) is 13.2 Å². The van der Waals surface area contributed by atoms with Crippen molar-refractivity contribution in [1.82, 2.24) is 5.32 Å². The Bertz CT molecular complexity index is 621.